The van der Waals surface area contributed by atoms with Gasteiger partial charge in [0.2, 0.25) is 0 Å². The number of nitrogens with one attached hydrogen (secondary N) is 1. The Morgan fingerprint density at radius 2 is 2.00 bits per heavy atom. The van der Waals surface area contributed by atoms with E-state index in [0.29, 0.717) is 12.6 Å². The molecule has 18 heavy (non-hydrogen) atoms. The zero-order chi connectivity index (χ0) is 13.1. The quantitative estimate of drug-likeness (QED) is 0.820. The Bertz CT molecular complexity index is 517. The van der Waals surface area contributed by atoms with Gasteiger partial charge in [0.1, 0.15) is 5.76 Å². The molecule has 1 heterocycles. The van der Waals surface area contributed by atoms with Crippen molar-refractivity contribution in [2.75, 3.05) is 0 Å². The van der Waals surface area contributed by atoms with Crippen molar-refractivity contribution >= 4 is 31.9 Å². The first-order valence-electron chi connectivity index (χ1n) is 5.80. The Kier molecular flexibility index (Phi) is 4.65. The number of rotatable bonds is 4. The van der Waals surface area contributed by atoms with Gasteiger partial charge >= 0.3 is 0 Å². The summed E-state index contributed by atoms with van der Waals surface area (Å²) in [6, 6.07) is 10.7. The minimum Gasteiger partial charge on any atom is -0.452 e. The maximum Gasteiger partial charge on any atom is 0.183 e. The summed E-state index contributed by atoms with van der Waals surface area (Å²) >= 11 is 6.75. The van der Waals surface area contributed by atoms with Crippen LogP contribution in [0.25, 0.3) is 0 Å². The number of hydrogen-bond donors (Lipinski definition) is 1. The van der Waals surface area contributed by atoms with E-state index in [1.54, 1.807) is 0 Å². The van der Waals surface area contributed by atoms with Gasteiger partial charge in [0.25, 0.3) is 0 Å². The van der Waals surface area contributed by atoms with Gasteiger partial charge in [-0.2, -0.15) is 0 Å². The summed E-state index contributed by atoms with van der Waals surface area (Å²) in [5.74, 6) is 0.911. The predicted octanol–water partition coefficient (Wildman–Crippen LogP) is 4.96. The van der Waals surface area contributed by atoms with Gasteiger partial charge in [0, 0.05) is 6.04 Å². The molecule has 0 aliphatic rings. The normalized spacial score (nSPS) is 12.7. The van der Waals surface area contributed by atoms with Crippen molar-refractivity contribution < 1.29 is 4.42 Å². The van der Waals surface area contributed by atoms with E-state index in [4.69, 9.17) is 4.42 Å². The molecular weight excluding hydrogens is 358 g/mol. The van der Waals surface area contributed by atoms with Crippen LogP contribution in [0.4, 0.5) is 0 Å². The highest BCUT2D eigenvalue weighted by molar-refractivity contribution is 9.13. The zero-order valence-corrected chi connectivity index (χ0v) is 13.5. The summed E-state index contributed by atoms with van der Waals surface area (Å²) in [7, 11) is 0. The van der Waals surface area contributed by atoms with E-state index in [-0.39, 0.29) is 0 Å². The molecule has 1 aromatic heterocycles. The lowest BCUT2D eigenvalue weighted by atomic mass is 10.0. The minimum atomic E-state index is 0.300. The molecule has 1 aromatic carbocycles. The maximum absolute atomic E-state index is 5.54. The first-order chi connectivity index (χ1) is 8.58. The van der Waals surface area contributed by atoms with Gasteiger partial charge in [-0.05, 0) is 62.9 Å². The molecule has 0 saturated carbocycles. The minimum absolute atomic E-state index is 0.300. The van der Waals surface area contributed by atoms with Crippen LogP contribution in [-0.4, -0.2) is 0 Å². The van der Waals surface area contributed by atoms with Gasteiger partial charge < -0.3 is 9.73 Å². The van der Waals surface area contributed by atoms with Crippen molar-refractivity contribution in [2.24, 2.45) is 0 Å². The van der Waals surface area contributed by atoms with Crippen molar-refractivity contribution in [1.82, 2.24) is 5.32 Å². The molecule has 1 atom stereocenters. The van der Waals surface area contributed by atoms with Gasteiger partial charge in [-0.15, -0.1) is 0 Å². The highest BCUT2D eigenvalue weighted by atomic mass is 79.9. The molecule has 0 aliphatic carbocycles. The Labute approximate surface area is 124 Å². The fourth-order valence-corrected chi connectivity index (χ4v) is 2.57. The van der Waals surface area contributed by atoms with Crippen molar-refractivity contribution in [2.45, 2.75) is 26.4 Å². The first-order valence-corrected chi connectivity index (χ1v) is 7.39. The molecule has 0 fully saturated rings. The Morgan fingerprint density at radius 1 is 1.28 bits per heavy atom. The van der Waals surface area contributed by atoms with Gasteiger partial charge in [0.05, 0.1) is 11.0 Å². The molecule has 0 saturated heterocycles. The van der Waals surface area contributed by atoms with Gasteiger partial charge in [-0.25, -0.2) is 0 Å². The van der Waals surface area contributed by atoms with Crippen molar-refractivity contribution in [3.63, 3.8) is 0 Å². The lowest BCUT2D eigenvalue weighted by molar-refractivity contribution is 0.446. The third kappa shape index (κ3) is 3.25. The Hall–Kier alpha value is -0.580. The molecule has 0 radical (unpaired) electrons. The average Bonchev–Trinajstić information content (AvgIpc) is 2.66. The molecule has 4 heteroatoms. The Balaban J connectivity index is 2.00. The van der Waals surface area contributed by atoms with Crippen molar-refractivity contribution in [3.05, 3.63) is 56.4 Å². The second-order valence-electron chi connectivity index (χ2n) is 4.29. The van der Waals surface area contributed by atoms with E-state index in [1.807, 2.05) is 6.07 Å². The van der Waals surface area contributed by atoms with E-state index in [0.717, 1.165) is 14.9 Å². The maximum atomic E-state index is 5.54. The fraction of sp³-hybridized carbons (Fsp3) is 0.286. The summed E-state index contributed by atoms with van der Waals surface area (Å²) in [5.41, 5.74) is 2.63. The molecule has 1 N–H and O–H groups in total. The summed E-state index contributed by atoms with van der Waals surface area (Å²) in [5, 5.41) is 3.46. The van der Waals surface area contributed by atoms with Crippen LogP contribution in [0.15, 0.2) is 43.9 Å². The van der Waals surface area contributed by atoms with E-state index in [2.05, 4.69) is 75.3 Å². The largest absolute Gasteiger partial charge is 0.452 e. The topological polar surface area (TPSA) is 25.2 Å². The van der Waals surface area contributed by atoms with E-state index < -0.39 is 0 Å². The standard InChI is InChI=1S/C14H15Br2NO/c1-9-5-3-4-6-12(9)10(2)17-8-11-7-13(15)14(16)18-11/h3-7,10,17H,8H2,1-2H3/t10-/m1/s1. The molecule has 2 rings (SSSR count). The van der Waals surface area contributed by atoms with Crippen LogP contribution in [0.2, 0.25) is 0 Å². The SMILES string of the molecule is Cc1ccccc1[C@@H](C)NCc1cc(Br)c(Br)o1. The second-order valence-corrected chi connectivity index (χ2v) is 5.87. The zero-order valence-electron chi connectivity index (χ0n) is 10.3. The van der Waals surface area contributed by atoms with Crippen molar-refractivity contribution in [1.29, 1.82) is 0 Å². The van der Waals surface area contributed by atoms with Gasteiger partial charge in [-0.1, -0.05) is 24.3 Å². The van der Waals surface area contributed by atoms with Crippen LogP contribution in [0, 0.1) is 6.92 Å². The number of hydrogen-bond acceptors (Lipinski definition) is 2. The van der Waals surface area contributed by atoms with Crippen LogP contribution < -0.4 is 5.32 Å². The Morgan fingerprint density at radius 3 is 2.61 bits per heavy atom. The summed E-state index contributed by atoms with van der Waals surface area (Å²) in [6.45, 7) is 5.00. The predicted molar refractivity (Wildman–Crippen MR) is 80.5 cm³/mol. The number of aryl methyl sites for hydroxylation is 1. The lowest BCUT2D eigenvalue weighted by Crippen LogP contribution is -2.18. The van der Waals surface area contributed by atoms with Crippen LogP contribution >= 0.6 is 31.9 Å². The summed E-state index contributed by atoms with van der Waals surface area (Å²) < 4.78 is 7.22. The van der Waals surface area contributed by atoms with Gasteiger partial charge in [-0.3, -0.25) is 0 Å². The van der Waals surface area contributed by atoms with E-state index in [1.165, 1.54) is 11.1 Å². The third-order valence-electron chi connectivity index (χ3n) is 2.93. The smallest absolute Gasteiger partial charge is 0.183 e. The molecule has 0 bridgehead atoms. The highest BCUT2D eigenvalue weighted by Gasteiger charge is 2.10. The van der Waals surface area contributed by atoms with E-state index >= 15 is 0 Å². The highest BCUT2D eigenvalue weighted by Crippen LogP contribution is 2.27. The third-order valence-corrected chi connectivity index (χ3v) is 4.64. The number of halogens is 2. The first kappa shape index (κ1) is 13.8. The molecule has 0 spiro atoms. The summed E-state index contributed by atoms with van der Waals surface area (Å²) in [6.07, 6.45) is 0. The number of furan rings is 1. The monoisotopic (exact) mass is 371 g/mol. The molecule has 0 unspecified atom stereocenters. The average molecular weight is 373 g/mol. The van der Waals surface area contributed by atoms with Gasteiger partial charge in [0.15, 0.2) is 4.67 Å². The lowest BCUT2D eigenvalue weighted by Gasteiger charge is -2.15. The van der Waals surface area contributed by atoms with Crippen LogP contribution in [-0.2, 0) is 6.54 Å². The molecule has 0 amide bonds. The van der Waals surface area contributed by atoms with Crippen molar-refractivity contribution in [3.8, 4) is 0 Å². The molecule has 96 valence electrons. The molecule has 0 aliphatic heterocycles. The second kappa shape index (κ2) is 6.04. The molecule has 2 nitrogen and oxygen atoms in total. The number of benzene rings is 1. The summed E-state index contributed by atoms with van der Waals surface area (Å²) in [4.78, 5) is 0. The molecule has 2 aromatic rings. The fourth-order valence-electron chi connectivity index (χ4n) is 1.91. The van der Waals surface area contributed by atoms with E-state index in [9.17, 15) is 0 Å². The van der Waals surface area contributed by atoms with Crippen LogP contribution in [0.5, 0.6) is 0 Å². The molecular formula is C14H15Br2NO. The van der Waals surface area contributed by atoms with Crippen LogP contribution in [0.3, 0.4) is 0 Å². The van der Waals surface area contributed by atoms with Crippen LogP contribution in [0.1, 0.15) is 29.9 Å².